The third-order valence-corrected chi connectivity index (χ3v) is 4.66. The smallest absolute Gasteiger partial charge is 0.0896 e. The van der Waals surface area contributed by atoms with Crippen molar-refractivity contribution in [2.24, 2.45) is 0 Å². The van der Waals surface area contributed by atoms with Crippen LogP contribution in [0.5, 0.6) is 0 Å². The predicted molar refractivity (Wildman–Crippen MR) is 88.9 cm³/mol. The zero-order valence-electron chi connectivity index (χ0n) is 14.4. The summed E-state index contributed by atoms with van der Waals surface area (Å²) < 4.78 is 6.09. The highest BCUT2D eigenvalue weighted by Gasteiger charge is 2.35. The van der Waals surface area contributed by atoms with Crippen molar-refractivity contribution in [2.45, 2.75) is 52.8 Å². The fraction of sp³-hybridized carbons (Fsp3) is 0.667. The van der Waals surface area contributed by atoms with E-state index in [0.717, 1.165) is 19.7 Å². The Kier molecular flexibility index (Phi) is 5.42. The van der Waals surface area contributed by atoms with Gasteiger partial charge < -0.3 is 10.1 Å². The average Bonchev–Trinajstić information content (AvgIpc) is 2.43. The van der Waals surface area contributed by atoms with E-state index >= 15 is 0 Å². The Bertz CT molecular complexity index is 482. The lowest BCUT2D eigenvalue weighted by Gasteiger charge is -2.44. The first-order valence-corrected chi connectivity index (χ1v) is 8.05. The molecular formula is C18H30N2O. The Hall–Kier alpha value is -0.900. The summed E-state index contributed by atoms with van der Waals surface area (Å²) in [7, 11) is 2.00. The molecule has 118 valence electrons. The van der Waals surface area contributed by atoms with Crippen LogP contribution in [0.2, 0.25) is 0 Å². The van der Waals surface area contributed by atoms with Crippen LogP contribution in [0, 0.1) is 20.8 Å². The molecule has 1 fully saturated rings. The molecule has 0 saturated carbocycles. The van der Waals surface area contributed by atoms with Gasteiger partial charge in [0.25, 0.3) is 0 Å². The summed E-state index contributed by atoms with van der Waals surface area (Å²) in [5, 5.41) is 3.29. The maximum atomic E-state index is 6.09. The molecule has 0 amide bonds. The summed E-state index contributed by atoms with van der Waals surface area (Å²) >= 11 is 0. The number of aryl methyl sites for hydroxylation is 3. The maximum Gasteiger partial charge on any atom is 0.0896 e. The van der Waals surface area contributed by atoms with Gasteiger partial charge in [0.05, 0.1) is 18.8 Å². The van der Waals surface area contributed by atoms with Crippen LogP contribution in [0.25, 0.3) is 0 Å². The van der Waals surface area contributed by atoms with E-state index in [2.05, 4.69) is 57.0 Å². The molecule has 21 heavy (non-hydrogen) atoms. The molecule has 1 aromatic carbocycles. The Morgan fingerprint density at radius 3 is 2.48 bits per heavy atom. The Labute approximate surface area is 129 Å². The third-order valence-electron chi connectivity index (χ3n) is 4.66. The zero-order valence-corrected chi connectivity index (χ0v) is 14.4. The maximum absolute atomic E-state index is 6.09. The van der Waals surface area contributed by atoms with E-state index in [1.54, 1.807) is 0 Å². The van der Waals surface area contributed by atoms with Crippen LogP contribution in [0.3, 0.4) is 0 Å². The molecule has 2 rings (SSSR count). The number of morpholine rings is 1. The lowest BCUT2D eigenvalue weighted by atomic mass is 9.90. The highest BCUT2D eigenvalue weighted by Crippen LogP contribution is 2.34. The fourth-order valence-electron chi connectivity index (χ4n) is 3.38. The Morgan fingerprint density at radius 2 is 1.86 bits per heavy atom. The number of hydrogen-bond acceptors (Lipinski definition) is 3. The molecule has 1 N–H and O–H groups in total. The lowest BCUT2D eigenvalue weighted by molar-refractivity contribution is -0.0817. The Balaban J connectivity index is 2.44. The summed E-state index contributed by atoms with van der Waals surface area (Å²) in [6, 6.07) is 5.54. The molecule has 0 radical (unpaired) electrons. The first-order chi connectivity index (χ1) is 9.95. The number of benzene rings is 1. The van der Waals surface area contributed by atoms with Crippen LogP contribution >= 0.6 is 0 Å². The van der Waals surface area contributed by atoms with E-state index in [9.17, 15) is 0 Å². The van der Waals surface area contributed by atoms with Gasteiger partial charge in [-0.15, -0.1) is 0 Å². The molecule has 2 atom stereocenters. The van der Waals surface area contributed by atoms with Crippen molar-refractivity contribution in [1.82, 2.24) is 10.2 Å². The van der Waals surface area contributed by atoms with Gasteiger partial charge in [-0.25, -0.2) is 0 Å². The molecular weight excluding hydrogens is 260 g/mol. The van der Waals surface area contributed by atoms with Crippen LogP contribution in [0.1, 0.15) is 42.1 Å². The summed E-state index contributed by atoms with van der Waals surface area (Å²) in [5.41, 5.74) is 5.54. The van der Waals surface area contributed by atoms with Crippen molar-refractivity contribution >= 4 is 0 Å². The monoisotopic (exact) mass is 290 g/mol. The highest BCUT2D eigenvalue weighted by atomic mass is 16.5. The van der Waals surface area contributed by atoms with Crippen LogP contribution in [0.15, 0.2) is 12.1 Å². The summed E-state index contributed by atoms with van der Waals surface area (Å²) in [5.74, 6) is 0. The van der Waals surface area contributed by atoms with Gasteiger partial charge in [-0.2, -0.15) is 0 Å². The zero-order chi connectivity index (χ0) is 15.6. The van der Waals surface area contributed by atoms with Gasteiger partial charge in [0.2, 0.25) is 0 Å². The average molecular weight is 290 g/mol. The molecule has 1 aromatic rings. The second kappa shape index (κ2) is 6.91. The van der Waals surface area contributed by atoms with Crippen LogP contribution < -0.4 is 5.32 Å². The van der Waals surface area contributed by atoms with E-state index in [0.29, 0.717) is 12.1 Å². The third kappa shape index (κ3) is 3.47. The van der Waals surface area contributed by atoms with E-state index in [1.807, 2.05) is 7.05 Å². The number of ether oxygens (including phenoxy) is 1. The molecule has 1 aliphatic heterocycles. The highest BCUT2D eigenvalue weighted by molar-refractivity contribution is 5.39. The van der Waals surface area contributed by atoms with Crippen LogP contribution in [0.4, 0.5) is 0 Å². The van der Waals surface area contributed by atoms with Gasteiger partial charge in [-0.05, 0) is 63.9 Å². The van der Waals surface area contributed by atoms with Crippen molar-refractivity contribution in [3.8, 4) is 0 Å². The number of likely N-dealkylation sites (N-methyl/N-ethyl adjacent to an activating group) is 1. The van der Waals surface area contributed by atoms with Crippen molar-refractivity contribution in [3.63, 3.8) is 0 Å². The van der Waals surface area contributed by atoms with E-state index in [-0.39, 0.29) is 6.10 Å². The molecule has 0 aromatic heterocycles. The van der Waals surface area contributed by atoms with Gasteiger partial charge in [-0.3, -0.25) is 4.90 Å². The standard InChI is InChI=1S/C18H30N2O/c1-12(2)20-7-8-21-17(11-19-6)18(20)16-10-14(4)13(3)9-15(16)5/h9-10,12,17-19H,7-8,11H2,1-6H3. The summed E-state index contributed by atoms with van der Waals surface area (Å²) in [6.07, 6.45) is 0.215. The Morgan fingerprint density at radius 1 is 1.19 bits per heavy atom. The van der Waals surface area contributed by atoms with Crippen LogP contribution in [-0.2, 0) is 4.74 Å². The molecule has 3 heteroatoms. The molecule has 0 spiro atoms. The summed E-state index contributed by atoms with van der Waals surface area (Å²) in [4.78, 5) is 2.59. The summed E-state index contributed by atoms with van der Waals surface area (Å²) in [6.45, 7) is 13.9. The minimum atomic E-state index is 0.215. The topological polar surface area (TPSA) is 24.5 Å². The van der Waals surface area contributed by atoms with Gasteiger partial charge in [-0.1, -0.05) is 12.1 Å². The second-order valence-corrected chi connectivity index (χ2v) is 6.54. The number of nitrogens with one attached hydrogen (secondary N) is 1. The SMILES string of the molecule is CNCC1OCCN(C(C)C)C1c1cc(C)c(C)cc1C. The molecule has 1 aliphatic rings. The lowest BCUT2D eigenvalue weighted by Crippen LogP contribution is -2.51. The van der Waals surface area contributed by atoms with E-state index in [1.165, 1.54) is 22.3 Å². The molecule has 1 saturated heterocycles. The number of rotatable bonds is 4. The normalized spacial score (nSPS) is 23.8. The minimum absolute atomic E-state index is 0.215. The predicted octanol–water partition coefficient (Wildman–Crippen LogP) is 2.98. The van der Waals surface area contributed by atoms with Gasteiger partial charge in [0, 0.05) is 19.1 Å². The van der Waals surface area contributed by atoms with Crippen LogP contribution in [-0.4, -0.2) is 43.8 Å². The quantitative estimate of drug-likeness (QED) is 0.922. The van der Waals surface area contributed by atoms with Crippen molar-refractivity contribution in [2.75, 3.05) is 26.7 Å². The fourth-order valence-corrected chi connectivity index (χ4v) is 3.38. The first kappa shape index (κ1) is 16.5. The molecule has 2 unspecified atom stereocenters. The largest absolute Gasteiger partial charge is 0.374 e. The van der Waals surface area contributed by atoms with Gasteiger partial charge >= 0.3 is 0 Å². The van der Waals surface area contributed by atoms with E-state index < -0.39 is 0 Å². The van der Waals surface area contributed by atoms with Crippen molar-refractivity contribution in [3.05, 3.63) is 34.4 Å². The van der Waals surface area contributed by atoms with Crippen molar-refractivity contribution < 1.29 is 4.74 Å². The van der Waals surface area contributed by atoms with Gasteiger partial charge in [0.15, 0.2) is 0 Å². The second-order valence-electron chi connectivity index (χ2n) is 6.54. The molecule has 1 heterocycles. The number of nitrogens with zero attached hydrogens (tertiary/aromatic N) is 1. The number of hydrogen-bond donors (Lipinski definition) is 1. The molecule has 0 aliphatic carbocycles. The molecule has 0 bridgehead atoms. The molecule has 3 nitrogen and oxygen atoms in total. The minimum Gasteiger partial charge on any atom is -0.374 e. The van der Waals surface area contributed by atoms with Crippen molar-refractivity contribution in [1.29, 1.82) is 0 Å². The van der Waals surface area contributed by atoms with E-state index in [4.69, 9.17) is 4.74 Å². The van der Waals surface area contributed by atoms with Gasteiger partial charge in [0.1, 0.15) is 0 Å². The first-order valence-electron chi connectivity index (χ1n) is 8.05.